The molecule has 0 radical (unpaired) electrons. The van der Waals surface area contributed by atoms with Crippen LogP contribution in [0.25, 0.3) is 0 Å². The van der Waals surface area contributed by atoms with E-state index in [1.807, 2.05) is 0 Å². The SMILES string of the molecule is COc1cccnc1N(C)C(=O)c1cccc(Br)c1F. The number of ether oxygens (including phenoxy) is 1. The summed E-state index contributed by atoms with van der Waals surface area (Å²) in [4.78, 5) is 17.7. The molecule has 104 valence electrons. The second-order valence-corrected chi connectivity index (χ2v) is 4.85. The van der Waals surface area contributed by atoms with E-state index in [2.05, 4.69) is 20.9 Å². The highest BCUT2D eigenvalue weighted by atomic mass is 79.9. The topological polar surface area (TPSA) is 42.4 Å². The van der Waals surface area contributed by atoms with Crippen molar-refractivity contribution in [2.24, 2.45) is 0 Å². The predicted octanol–water partition coefficient (Wildman–Crippen LogP) is 3.27. The van der Waals surface area contributed by atoms with Gasteiger partial charge < -0.3 is 4.74 Å². The number of carbonyl (C=O) groups is 1. The third-order valence-corrected chi connectivity index (χ3v) is 3.39. The number of methoxy groups -OCH3 is 1. The molecule has 6 heteroatoms. The van der Waals surface area contributed by atoms with Crippen LogP contribution in [0.4, 0.5) is 10.2 Å². The molecule has 0 spiro atoms. The first kappa shape index (κ1) is 14.5. The Morgan fingerprint density at radius 1 is 1.35 bits per heavy atom. The van der Waals surface area contributed by atoms with Gasteiger partial charge in [0.15, 0.2) is 11.6 Å². The molecular formula is C14H12BrFN2O2. The van der Waals surface area contributed by atoms with Gasteiger partial charge in [0, 0.05) is 13.2 Å². The number of benzene rings is 1. The zero-order valence-corrected chi connectivity index (χ0v) is 12.5. The van der Waals surface area contributed by atoms with E-state index >= 15 is 0 Å². The van der Waals surface area contributed by atoms with Crippen LogP contribution in [0, 0.1) is 5.82 Å². The number of amides is 1. The van der Waals surface area contributed by atoms with Crippen LogP contribution in [-0.4, -0.2) is 25.0 Å². The normalized spacial score (nSPS) is 10.2. The van der Waals surface area contributed by atoms with Crippen LogP contribution in [0.2, 0.25) is 0 Å². The molecule has 0 aliphatic rings. The van der Waals surface area contributed by atoms with E-state index in [0.717, 1.165) is 0 Å². The minimum Gasteiger partial charge on any atom is -0.493 e. The molecule has 1 aromatic heterocycles. The highest BCUT2D eigenvalue weighted by molar-refractivity contribution is 9.10. The molecule has 0 aliphatic heterocycles. The number of nitrogens with zero attached hydrogens (tertiary/aromatic N) is 2. The molecule has 0 bridgehead atoms. The maximum absolute atomic E-state index is 14.0. The Balaban J connectivity index is 2.40. The summed E-state index contributed by atoms with van der Waals surface area (Å²) in [6, 6.07) is 7.94. The lowest BCUT2D eigenvalue weighted by molar-refractivity contribution is 0.0987. The molecule has 0 saturated heterocycles. The number of hydrogen-bond acceptors (Lipinski definition) is 3. The highest BCUT2D eigenvalue weighted by Gasteiger charge is 2.21. The van der Waals surface area contributed by atoms with Gasteiger partial charge in [-0.1, -0.05) is 6.07 Å². The molecular weight excluding hydrogens is 327 g/mol. The Kier molecular flexibility index (Phi) is 4.34. The fourth-order valence-electron chi connectivity index (χ4n) is 1.74. The first-order valence-electron chi connectivity index (χ1n) is 5.77. The highest BCUT2D eigenvalue weighted by Crippen LogP contribution is 2.26. The molecule has 20 heavy (non-hydrogen) atoms. The van der Waals surface area contributed by atoms with Gasteiger partial charge in [0.1, 0.15) is 5.82 Å². The minimum atomic E-state index is -0.598. The summed E-state index contributed by atoms with van der Waals surface area (Å²) in [6.07, 6.45) is 1.54. The molecule has 2 rings (SSSR count). The zero-order chi connectivity index (χ0) is 14.7. The molecule has 1 heterocycles. The van der Waals surface area contributed by atoms with Crippen molar-refractivity contribution in [3.8, 4) is 5.75 Å². The number of hydrogen-bond donors (Lipinski definition) is 0. The molecule has 4 nitrogen and oxygen atoms in total. The number of rotatable bonds is 3. The number of pyridine rings is 1. The van der Waals surface area contributed by atoms with Crippen molar-refractivity contribution in [2.75, 3.05) is 19.1 Å². The average molecular weight is 339 g/mol. The maximum atomic E-state index is 14.0. The molecule has 1 aromatic carbocycles. The van der Waals surface area contributed by atoms with Gasteiger partial charge in [0.05, 0.1) is 17.1 Å². The van der Waals surface area contributed by atoms with Gasteiger partial charge in [-0.25, -0.2) is 9.37 Å². The average Bonchev–Trinajstić information content (AvgIpc) is 2.48. The van der Waals surface area contributed by atoms with Crippen LogP contribution in [-0.2, 0) is 0 Å². The summed E-state index contributed by atoms with van der Waals surface area (Å²) in [5.41, 5.74) is -0.0328. The van der Waals surface area contributed by atoms with Gasteiger partial charge in [-0.3, -0.25) is 9.69 Å². The second kappa shape index (κ2) is 6.00. The summed E-state index contributed by atoms with van der Waals surface area (Å²) >= 11 is 3.06. The Labute approximate surface area is 124 Å². The second-order valence-electron chi connectivity index (χ2n) is 3.99. The van der Waals surface area contributed by atoms with Crippen LogP contribution in [0.3, 0.4) is 0 Å². The van der Waals surface area contributed by atoms with Crippen molar-refractivity contribution >= 4 is 27.7 Å². The summed E-state index contributed by atoms with van der Waals surface area (Å²) in [5.74, 6) is -0.321. The summed E-state index contributed by atoms with van der Waals surface area (Å²) < 4.78 is 19.4. The van der Waals surface area contributed by atoms with Crippen LogP contribution in [0.5, 0.6) is 5.75 Å². The fourth-order valence-corrected chi connectivity index (χ4v) is 2.11. The lowest BCUT2D eigenvalue weighted by Gasteiger charge is -2.19. The number of carbonyl (C=O) groups excluding carboxylic acids is 1. The Hall–Kier alpha value is -1.95. The number of anilines is 1. The largest absolute Gasteiger partial charge is 0.493 e. The van der Waals surface area contributed by atoms with Crippen LogP contribution in [0.15, 0.2) is 41.0 Å². The molecule has 0 N–H and O–H groups in total. The standard InChI is InChI=1S/C14H12BrFN2O2/c1-18(13-11(20-2)7-4-8-17-13)14(19)9-5-3-6-10(15)12(9)16/h3-8H,1-2H3. The first-order chi connectivity index (χ1) is 9.56. The summed E-state index contributed by atoms with van der Waals surface area (Å²) in [7, 11) is 3.01. The van der Waals surface area contributed by atoms with Gasteiger partial charge in [-0.05, 0) is 40.2 Å². The zero-order valence-electron chi connectivity index (χ0n) is 10.9. The Morgan fingerprint density at radius 2 is 2.10 bits per heavy atom. The number of aromatic nitrogens is 1. The lowest BCUT2D eigenvalue weighted by atomic mass is 10.2. The van der Waals surface area contributed by atoms with E-state index in [4.69, 9.17) is 4.74 Å². The maximum Gasteiger partial charge on any atom is 0.262 e. The Morgan fingerprint density at radius 3 is 2.80 bits per heavy atom. The fraction of sp³-hybridized carbons (Fsp3) is 0.143. The van der Waals surface area contributed by atoms with Gasteiger partial charge in [0.2, 0.25) is 0 Å². The van der Waals surface area contributed by atoms with Crippen molar-refractivity contribution in [2.45, 2.75) is 0 Å². The monoisotopic (exact) mass is 338 g/mol. The molecule has 1 amide bonds. The summed E-state index contributed by atoms with van der Waals surface area (Å²) in [5, 5.41) is 0. The third-order valence-electron chi connectivity index (χ3n) is 2.78. The smallest absolute Gasteiger partial charge is 0.262 e. The van der Waals surface area contributed by atoms with Gasteiger partial charge in [-0.15, -0.1) is 0 Å². The summed E-state index contributed by atoms with van der Waals surface area (Å²) in [6.45, 7) is 0. The van der Waals surface area contributed by atoms with Crippen LogP contribution in [0.1, 0.15) is 10.4 Å². The minimum absolute atomic E-state index is 0.0328. The van der Waals surface area contributed by atoms with E-state index < -0.39 is 11.7 Å². The van der Waals surface area contributed by atoms with Gasteiger partial charge in [0.25, 0.3) is 5.91 Å². The van der Waals surface area contributed by atoms with Crippen molar-refractivity contribution in [1.29, 1.82) is 0 Å². The van der Waals surface area contributed by atoms with Crippen molar-refractivity contribution in [3.05, 3.63) is 52.4 Å². The van der Waals surface area contributed by atoms with E-state index in [1.54, 1.807) is 24.4 Å². The van der Waals surface area contributed by atoms with E-state index in [9.17, 15) is 9.18 Å². The molecule has 0 aliphatic carbocycles. The molecule has 0 fully saturated rings. The third kappa shape index (κ3) is 2.65. The van der Waals surface area contributed by atoms with Crippen LogP contribution >= 0.6 is 15.9 Å². The van der Waals surface area contributed by atoms with E-state index in [-0.39, 0.29) is 10.0 Å². The van der Waals surface area contributed by atoms with Crippen molar-refractivity contribution in [1.82, 2.24) is 4.98 Å². The molecule has 2 aromatic rings. The quantitative estimate of drug-likeness (QED) is 0.862. The molecule has 0 saturated carbocycles. The predicted molar refractivity (Wildman–Crippen MR) is 77.6 cm³/mol. The Bertz CT molecular complexity index is 649. The van der Waals surface area contributed by atoms with E-state index in [0.29, 0.717) is 11.6 Å². The van der Waals surface area contributed by atoms with Crippen molar-refractivity contribution in [3.63, 3.8) is 0 Å². The van der Waals surface area contributed by atoms with Gasteiger partial charge in [-0.2, -0.15) is 0 Å². The van der Waals surface area contributed by atoms with E-state index in [1.165, 1.54) is 31.2 Å². The molecule has 0 atom stereocenters. The van der Waals surface area contributed by atoms with Crippen LogP contribution < -0.4 is 9.64 Å². The molecule has 0 unspecified atom stereocenters. The van der Waals surface area contributed by atoms with Crippen molar-refractivity contribution < 1.29 is 13.9 Å². The number of halogens is 2. The first-order valence-corrected chi connectivity index (χ1v) is 6.56. The lowest BCUT2D eigenvalue weighted by Crippen LogP contribution is -2.28. The van der Waals surface area contributed by atoms with Gasteiger partial charge >= 0.3 is 0 Å².